The van der Waals surface area contributed by atoms with Gasteiger partial charge in [-0.2, -0.15) is 0 Å². The van der Waals surface area contributed by atoms with Gasteiger partial charge in [-0.1, -0.05) is 0 Å². The van der Waals surface area contributed by atoms with Crippen LogP contribution in [0.25, 0.3) is 5.70 Å². The summed E-state index contributed by atoms with van der Waals surface area (Å²) in [6.07, 6.45) is 3.63. The molecule has 0 radical (unpaired) electrons. The zero-order valence-corrected chi connectivity index (χ0v) is 9.95. The van der Waals surface area contributed by atoms with Gasteiger partial charge in [-0.25, -0.2) is 4.98 Å². The van der Waals surface area contributed by atoms with E-state index in [2.05, 4.69) is 10.3 Å². The fourth-order valence-electron chi connectivity index (χ4n) is 1.64. The summed E-state index contributed by atoms with van der Waals surface area (Å²) < 4.78 is 1.75. The molecule has 1 N–H and O–H groups in total. The standard InChI is InChI=1S/C10H13ClN4O/c1-14-7(3-4-12-6-9(14)16)8-5-13-10(11)15(8)2/h3,5,12H,4,6H2,1-2H3. The molecule has 0 aromatic carbocycles. The lowest BCUT2D eigenvalue weighted by atomic mass is 10.3. The van der Waals surface area contributed by atoms with Crippen LogP contribution in [0.5, 0.6) is 0 Å². The van der Waals surface area contributed by atoms with Crippen LogP contribution in [0.15, 0.2) is 12.3 Å². The topological polar surface area (TPSA) is 50.2 Å². The molecule has 0 fully saturated rings. The van der Waals surface area contributed by atoms with E-state index >= 15 is 0 Å². The second-order valence-electron chi connectivity index (χ2n) is 3.64. The Morgan fingerprint density at radius 3 is 2.88 bits per heavy atom. The Kier molecular flexibility index (Phi) is 2.98. The molecule has 86 valence electrons. The molecular formula is C10H13ClN4O. The van der Waals surface area contributed by atoms with Gasteiger partial charge in [-0.05, 0) is 17.7 Å². The number of carbonyl (C=O) groups is 1. The molecule has 16 heavy (non-hydrogen) atoms. The maximum Gasteiger partial charge on any atom is 0.240 e. The molecule has 2 heterocycles. The molecule has 0 aliphatic carbocycles. The largest absolute Gasteiger partial charge is 0.317 e. The van der Waals surface area contributed by atoms with E-state index < -0.39 is 0 Å². The minimum atomic E-state index is 0.0288. The van der Waals surface area contributed by atoms with Crippen molar-refractivity contribution in [2.24, 2.45) is 7.05 Å². The summed E-state index contributed by atoms with van der Waals surface area (Å²) in [6.45, 7) is 1.01. The molecule has 0 saturated carbocycles. The van der Waals surface area contributed by atoms with Crippen molar-refractivity contribution in [1.29, 1.82) is 0 Å². The third-order valence-corrected chi connectivity index (χ3v) is 3.00. The molecule has 1 aromatic rings. The summed E-state index contributed by atoms with van der Waals surface area (Å²) in [4.78, 5) is 17.3. The van der Waals surface area contributed by atoms with Gasteiger partial charge in [0.05, 0.1) is 24.1 Å². The maximum absolute atomic E-state index is 11.7. The molecule has 0 bridgehead atoms. The maximum atomic E-state index is 11.7. The van der Waals surface area contributed by atoms with Crippen molar-refractivity contribution in [1.82, 2.24) is 19.8 Å². The summed E-state index contributed by atoms with van der Waals surface area (Å²) >= 11 is 5.88. The number of imidazole rings is 1. The lowest BCUT2D eigenvalue weighted by molar-refractivity contribution is -0.125. The molecule has 1 aliphatic rings. The van der Waals surface area contributed by atoms with Crippen molar-refractivity contribution in [2.45, 2.75) is 0 Å². The third kappa shape index (κ3) is 1.83. The van der Waals surface area contributed by atoms with Gasteiger partial charge in [0.2, 0.25) is 11.2 Å². The molecule has 6 heteroatoms. The molecule has 5 nitrogen and oxygen atoms in total. The highest BCUT2D eigenvalue weighted by molar-refractivity contribution is 6.28. The monoisotopic (exact) mass is 240 g/mol. The zero-order chi connectivity index (χ0) is 11.7. The highest BCUT2D eigenvalue weighted by Crippen LogP contribution is 2.21. The number of likely N-dealkylation sites (N-methyl/N-ethyl adjacent to an activating group) is 1. The van der Waals surface area contributed by atoms with E-state index in [1.54, 1.807) is 22.7 Å². The van der Waals surface area contributed by atoms with Crippen molar-refractivity contribution < 1.29 is 4.79 Å². The van der Waals surface area contributed by atoms with Crippen LogP contribution in [0.1, 0.15) is 5.69 Å². The first-order chi connectivity index (χ1) is 7.61. The van der Waals surface area contributed by atoms with Gasteiger partial charge >= 0.3 is 0 Å². The molecule has 1 amide bonds. The van der Waals surface area contributed by atoms with Crippen LogP contribution in [0, 0.1) is 0 Å². The van der Waals surface area contributed by atoms with Crippen molar-refractivity contribution in [3.63, 3.8) is 0 Å². The molecule has 0 unspecified atom stereocenters. The molecule has 1 aliphatic heterocycles. The number of rotatable bonds is 1. The average Bonchev–Trinajstić information content (AvgIpc) is 2.49. The number of nitrogens with zero attached hydrogens (tertiary/aromatic N) is 3. The van der Waals surface area contributed by atoms with Crippen molar-refractivity contribution >= 4 is 23.2 Å². The van der Waals surface area contributed by atoms with Gasteiger partial charge in [0.1, 0.15) is 0 Å². The molecule has 1 aromatic heterocycles. The molecule has 0 atom stereocenters. The summed E-state index contributed by atoms with van der Waals surface area (Å²) in [5, 5.41) is 3.43. The summed E-state index contributed by atoms with van der Waals surface area (Å²) in [5.74, 6) is 0.0288. The number of aromatic nitrogens is 2. The van der Waals surface area contributed by atoms with Gasteiger partial charge in [0, 0.05) is 20.6 Å². The number of hydrogen-bond donors (Lipinski definition) is 1. The van der Waals surface area contributed by atoms with Crippen molar-refractivity contribution in [3.8, 4) is 0 Å². The van der Waals surface area contributed by atoms with E-state index in [1.807, 2.05) is 13.1 Å². The summed E-state index contributed by atoms with van der Waals surface area (Å²) in [6, 6.07) is 0. The molecule has 0 saturated heterocycles. The van der Waals surface area contributed by atoms with E-state index in [-0.39, 0.29) is 5.91 Å². The molecule has 2 rings (SSSR count). The van der Waals surface area contributed by atoms with Gasteiger partial charge in [0.15, 0.2) is 0 Å². The fourth-order valence-corrected chi connectivity index (χ4v) is 1.78. The van der Waals surface area contributed by atoms with Gasteiger partial charge in [-0.3, -0.25) is 4.79 Å². The first kappa shape index (κ1) is 11.2. The Morgan fingerprint density at radius 2 is 2.25 bits per heavy atom. The van der Waals surface area contributed by atoms with Gasteiger partial charge in [-0.15, -0.1) is 0 Å². The van der Waals surface area contributed by atoms with E-state index in [0.29, 0.717) is 18.4 Å². The Balaban J connectivity index is 2.42. The number of halogens is 1. The van der Waals surface area contributed by atoms with E-state index in [0.717, 1.165) is 11.4 Å². The molecular weight excluding hydrogens is 228 g/mol. The van der Waals surface area contributed by atoms with Crippen molar-refractivity contribution in [3.05, 3.63) is 23.3 Å². The van der Waals surface area contributed by atoms with E-state index in [1.165, 1.54) is 0 Å². The number of hydrogen-bond acceptors (Lipinski definition) is 3. The first-order valence-electron chi connectivity index (χ1n) is 4.96. The number of nitrogens with one attached hydrogen (secondary N) is 1. The fraction of sp³-hybridized carbons (Fsp3) is 0.400. The van der Waals surface area contributed by atoms with E-state index in [4.69, 9.17) is 11.6 Å². The summed E-state index contributed by atoms with van der Waals surface area (Å²) in [7, 11) is 3.57. The van der Waals surface area contributed by atoms with E-state index in [9.17, 15) is 4.79 Å². The SMILES string of the molecule is CN1C(=O)CNCC=C1c1cnc(Cl)n1C. The minimum Gasteiger partial charge on any atom is -0.317 e. The Bertz CT molecular complexity index is 452. The third-order valence-electron chi connectivity index (χ3n) is 2.65. The second kappa shape index (κ2) is 4.27. The predicted molar refractivity (Wildman–Crippen MR) is 61.8 cm³/mol. The van der Waals surface area contributed by atoms with Crippen LogP contribution >= 0.6 is 11.6 Å². The quantitative estimate of drug-likeness (QED) is 0.777. The van der Waals surface area contributed by atoms with Crippen LogP contribution in [0.4, 0.5) is 0 Å². The van der Waals surface area contributed by atoms with Crippen LogP contribution < -0.4 is 5.32 Å². The van der Waals surface area contributed by atoms with Gasteiger partial charge in [0.25, 0.3) is 0 Å². The normalized spacial score (nSPS) is 17.3. The number of carbonyl (C=O) groups excluding carboxylic acids is 1. The molecule has 0 spiro atoms. The first-order valence-corrected chi connectivity index (χ1v) is 5.34. The Labute approximate surface area is 98.7 Å². The van der Waals surface area contributed by atoms with Crippen LogP contribution in [0.3, 0.4) is 0 Å². The smallest absolute Gasteiger partial charge is 0.240 e. The predicted octanol–water partition coefficient (Wildman–Crippen LogP) is 0.476. The number of amides is 1. The lowest BCUT2D eigenvalue weighted by Gasteiger charge is -2.18. The Morgan fingerprint density at radius 1 is 1.50 bits per heavy atom. The van der Waals surface area contributed by atoms with Crippen LogP contribution in [-0.4, -0.2) is 40.5 Å². The minimum absolute atomic E-state index is 0.0288. The van der Waals surface area contributed by atoms with Gasteiger partial charge < -0.3 is 14.8 Å². The lowest BCUT2D eigenvalue weighted by Crippen LogP contribution is -2.31. The van der Waals surface area contributed by atoms with Crippen LogP contribution in [-0.2, 0) is 11.8 Å². The van der Waals surface area contributed by atoms with Crippen molar-refractivity contribution in [2.75, 3.05) is 20.1 Å². The van der Waals surface area contributed by atoms with Crippen LogP contribution in [0.2, 0.25) is 5.28 Å². The summed E-state index contributed by atoms with van der Waals surface area (Å²) in [5.41, 5.74) is 1.67. The Hall–Kier alpha value is -1.33. The average molecular weight is 241 g/mol. The highest BCUT2D eigenvalue weighted by Gasteiger charge is 2.20. The highest BCUT2D eigenvalue weighted by atomic mass is 35.5. The zero-order valence-electron chi connectivity index (χ0n) is 9.20. The second-order valence-corrected chi connectivity index (χ2v) is 3.98.